The van der Waals surface area contributed by atoms with Crippen LogP contribution in [-0.2, 0) is 4.79 Å². The molecule has 1 aromatic carbocycles. The molecule has 2 aromatic rings. The SMILES string of the molecule is CCCC(CC(=O)O)NC(=O)c1cccc2cccnc12. The van der Waals surface area contributed by atoms with Crippen LogP contribution in [0.3, 0.4) is 0 Å². The standard InChI is InChI=1S/C16H18N2O3/c1-2-5-12(10-14(19)20)18-16(21)13-8-3-6-11-7-4-9-17-15(11)13/h3-4,6-9,12H,2,5,10H2,1H3,(H,18,21)(H,19,20). The van der Waals surface area contributed by atoms with Crippen molar-refractivity contribution in [3.05, 3.63) is 42.1 Å². The van der Waals surface area contributed by atoms with Crippen LogP contribution in [0, 0.1) is 0 Å². The summed E-state index contributed by atoms with van der Waals surface area (Å²) in [5.74, 6) is -1.19. The fourth-order valence-electron chi connectivity index (χ4n) is 2.34. The van der Waals surface area contributed by atoms with Crippen LogP contribution in [0.25, 0.3) is 10.9 Å². The van der Waals surface area contributed by atoms with Crippen molar-refractivity contribution in [1.29, 1.82) is 0 Å². The first-order valence-corrected chi connectivity index (χ1v) is 6.98. The molecule has 5 heteroatoms. The zero-order chi connectivity index (χ0) is 15.2. The molecule has 110 valence electrons. The number of aromatic nitrogens is 1. The third-order valence-electron chi connectivity index (χ3n) is 3.27. The highest BCUT2D eigenvalue weighted by molar-refractivity contribution is 6.05. The molecule has 2 rings (SSSR count). The van der Waals surface area contributed by atoms with E-state index in [4.69, 9.17) is 5.11 Å². The molecule has 0 saturated carbocycles. The lowest BCUT2D eigenvalue weighted by atomic mass is 10.1. The minimum Gasteiger partial charge on any atom is -0.481 e. The average molecular weight is 286 g/mol. The number of benzene rings is 1. The van der Waals surface area contributed by atoms with E-state index in [9.17, 15) is 9.59 Å². The van der Waals surface area contributed by atoms with Gasteiger partial charge in [-0.1, -0.05) is 31.5 Å². The number of nitrogens with one attached hydrogen (secondary N) is 1. The van der Waals surface area contributed by atoms with Gasteiger partial charge < -0.3 is 10.4 Å². The highest BCUT2D eigenvalue weighted by Crippen LogP contribution is 2.16. The molecule has 2 N–H and O–H groups in total. The number of amides is 1. The van der Waals surface area contributed by atoms with Crippen molar-refractivity contribution in [2.24, 2.45) is 0 Å². The second-order valence-corrected chi connectivity index (χ2v) is 4.94. The fraction of sp³-hybridized carbons (Fsp3) is 0.312. The smallest absolute Gasteiger partial charge is 0.305 e. The summed E-state index contributed by atoms with van der Waals surface area (Å²) >= 11 is 0. The zero-order valence-electron chi connectivity index (χ0n) is 11.9. The normalized spacial score (nSPS) is 12.0. The second kappa shape index (κ2) is 6.83. The summed E-state index contributed by atoms with van der Waals surface area (Å²) in [5.41, 5.74) is 1.10. The molecule has 21 heavy (non-hydrogen) atoms. The lowest BCUT2D eigenvalue weighted by Crippen LogP contribution is -2.36. The van der Waals surface area contributed by atoms with E-state index in [1.807, 2.05) is 25.1 Å². The Morgan fingerprint density at radius 1 is 1.29 bits per heavy atom. The van der Waals surface area contributed by atoms with Crippen molar-refractivity contribution in [1.82, 2.24) is 10.3 Å². The van der Waals surface area contributed by atoms with Crippen LogP contribution in [-0.4, -0.2) is 28.0 Å². The third-order valence-corrected chi connectivity index (χ3v) is 3.27. The molecule has 1 amide bonds. The van der Waals surface area contributed by atoms with Crippen LogP contribution in [0.5, 0.6) is 0 Å². The minimum absolute atomic E-state index is 0.0717. The van der Waals surface area contributed by atoms with Crippen LogP contribution in [0.1, 0.15) is 36.5 Å². The van der Waals surface area contributed by atoms with E-state index >= 15 is 0 Å². The molecule has 1 atom stereocenters. The molecule has 0 bridgehead atoms. The number of carbonyl (C=O) groups is 2. The van der Waals surface area contributed by atoms with E-state index in [1.165, 1.54) is 0 Å². The Labute approximate surface area is 123 Å². The number of para-hydroxylation sites is 1. The maximum atomic E-state index is 12.4. The Balaban J connectivity index is 2.23. The van der Waals surface area contributed by atoms with Gasteiger partial charge in [0, 0.05) is 17.6 Å². The number of carbonyl (C=O) groups excluding carboxylic acids is 1. The van der Waals surface area contributed by atoms with Gasteiger partial charge in [0.15, 0.2) is 0 Å². The molecule has 1 unspecified atom stereocenters. The summed E-state index contributed by atoms with van der Waals surface area (Å²) < 4.78 is 0. The van der Waals surface area contributed by atoms with E-state index in [1.54, 1.807) is 18.3 Å². The van der Waals surface area contributed by atoms with Gasteiger partial charge in [0.25, 0.3) is 5.91 Å². The van der Waals surface area contributed by atoms with Crippen LogP contribution in [0.15, 0.2) is 36.5 Å². The van der Waals surface area contributed by atoms with Gasteiger partial charge in [0.05, 0.1) is 17.5 Å². The Bertz CT molecular complexity index is 650. The Hall–Kier alpha value is -2.43. The molecule has 0 fully saturated rings. The summed E-state index contributed by atoms with van der Waals surface area (Å²) in [4.78, 5) is 27.5. The predicted octanol–water partition coefficient (Wildman–Crippen LogP) is 2.61. The molecule has 1 aromatic heterocycles. The van der Waals surface area contributed by atoms with Crippen molar-refractivity contribution in [2.75, 3.05) is 0 Å². The number of hydrogen-bond donors (Lipinski definition) is 2. The van der Waals surface area contributed by atoms with E-state index in [-0.39, 0.29) is 18.4 Å². The van der Waals surface area contributed by atoms with Gasteiger partial charge >= 0.3 is 5.97 Å². The molecule has 0 aliphatic rings. The average Bonchev–Trinajstić information content (AvgIpc) is 2.46. The summed E-state index contributed by atoms with van der Waals surface area (Å²) in [6.07, 6.45) is 3.01. The minimum atomic E-state index is -0.912. The number of nitrogens with zero attached hydrogens (tertiary/aromatic N) is 1. The van der Waals surface area contributed by atoms with E-state index in [2.05, 4.69) is 10.3 Å². The third kappa shape index (κ3) is 3.78. The van der Waals surface area contributed by atoms with Crippen molar-refractivity contribution in [2.45, 2.75) is 32.2 Å². The number of rotatable bonds is 6. The Kier molecular flexibility index (Phi) is 4.87. The summed E-state index contributed by atoms with van der Waals surface area (Å²) in [6.45, 7) is 1.96. The maximum absolute atomic E-state index is 12.4. The van der Waals surface area contributed by atoms with E-state index in [0.29, 0.717) is 17.5 Å². The fourth-order valence-corrected chi connectivity index (χ4v) is 2.34. The van der Waals surface area contributed by atoms with Crippen molar-refractivity contribution >= 4 is 22.8 Å². The van der Waals surface area contributed by atoms with E-state index < -0.39 is 5.97 Å². The lowest BCUT2D eigenvalue weighted by molar-refractivity contribution is -0.137. The number of pyridine rings is 1. The number of hydrogen-bond acceptors (Lipinski definition) is 3. The highest BCUT2D eigenvalue weighted by Gasteiger charge is 2.18. The molecule has 0 radical (unpaired) electrons. The maximum Gasteiger partial charge on any atom is 0.305 e. The molecule has 5 nitrogen and oxygen atoms in total. The van der Waals surface area contributed by atoms with Crippen molar-refractivity contribution in [3.63, 3.8) is 0 Å². The molecular weight excluding hydrogens is 268 g/mol. The number of fused-ring (bicyclic) bond motifs is 1. The number of carboxylic acid groups (broad SMARTS) is 1. The van der Waals surface area contributed by atoms with Crippen LogP contribution >= 0.6 is 0 Å². The highest BCUT2D eigenvalue weighted by atomic mass is 16.4. The first-order chi connectivity index (χ1) is 10.1. The van der Waals surface area contributed by atoms with Gasteiger partial charge in [-0.2, -0.15) is 0 Å². The predicted molar refractivity (Wildman–Crippen MR) is 80.2 cm³/mol. The summed E-state index contributed by atoms with van der Waals surface area (Å²) in [7, 11) is 0. The lowest BCUT2D eigenvalue weighted by Gasteiger charge is -2.16. The number of aliphatic carboxylic acids is 1. The van der Waals surface area contributed by atoms with Gasteiger partial charge in [-0.25, -0.2) is 0 Å². The zero-order valence-corrected chi connectivity index (χ0v) is 11.9. The first-order valence-electron chi connectivity index (χ1n) is 6.98. The summed E-state index contributed by atoms with van der Waals surface area (Å²) in [6, 6.07) is 8.73. The van der Waals surface area contributed by atoms with Crippen LogP contribution in [0.2, 0.25) is 0 Å². The quantitative estimate of drug-likeness (QED) is 0.855. The van der Waals surface area contributed by atoms with Crippen LogP contribution in [0.4, 0.5) is 0 Å². The Morgan fingerprint density at radius 3 is 2.76 bits per heavy atom. The monoisotopic (exact) mass is 286 g/mol. The second-order valence-electron chi connectivity index (χ2n) is 4.94. The van der Waals surface area contributed by atoms with Crippen LogP contribution < -0.4 is 5.32 Å². The van der Waals surface area contributed by atoms with Gasteiger partial charge in [-0.15, -0.1) is 0 Å². The van der Waals surface area contributed by atoms with Gasteiger partial charge in [0.2, 0.25) is 0 Å². The van der Waals surface area contributed by atoms with E-state index in [0.717, 1.165) is 11.8 Å². The largest absolute Gasteiger partial charge is 0.481 e. The molecule has 0 spiro atoms. The molecule has 1 heterocycles. The van der Waals surface area contributed by atoms with Gasteiger partial charge in [-0.3, -0.25) is 14.6 Å². The topological polar surface area (TPSA) is 79.3 Å². The first kappa shape index (κ1) is 15.0. The molecule has 0 saturated heterocycles. The van der Waals surface area contributed by atoms with Gasteiger partial charge in [-0.05, 0) is 18.6 Å². The number of carboxylic acids is 1. The molecule has 0 aliphatic carbocycles. The molecule has 0 aliphatic heterocycles. The Morgan fingerprint density at radius 2 is 2.05 bits per heavy atom. The van der Waals surface area contributed by atoms with Crippen molar-refractivity contribution < 1.29 is 14.7 Å². The summed E-state index contributed by atoms with van der Waals surface area (Å²) in [5, 5.41) is 12.6. The molecular formula is C16H18N2O3. The van der Waals surface area contributed by atoms with Crippen molar-refractivity contribution in [3.8, 4) is 0 Å². The van der Waals surface area contributed by atoms with Gasteiger partial charge in [0.1, 0.15) is 0 Å².